The second-order valence-corrected chi connectivity index (χ2v) is 16.5. The Morgan fingerprint density at radius 3 is 2.29 bits per heavy atom. The van der Waals surface area contributed by atoms with Crippen LogP contribution in [0.15, 0.2) is 108 Å². The fourth-order valence-electron chi connectivity index (χ4n) is 7.55. The van der Waals surface area contributed by atoms with Gasteiger partial charge < -0.3 is 14.4 Å². The van der Waals surface area contributed by atoms with Crippen LogP contribution in [0.2, 0.25) is 0 Å². The van der Waals surface area contributed by atoms with Crippen LogP contribution in [0.3, 0.4) is 0 Å². The third-order valence-corrected chi connectivity index (χ3v) is 10.6. The zero-order valence-corrected chi connectivity index (χ0v) is 34.9. The first kappa shape index (κ1) is 28.7. The number of rotatable bonds is 4. The molecule has 0 saturated heterocycles. The van der Waals surface area contributed by atoms with Gasteiger partial charge in [-0.2, -0.15) is 0 Å². The van der Waals surface area contributed by atoms with Crippen molar-refractivity contribution in [3.8, 4) is 22.5 Å². The zero-order valence-electron chi connectivity index (χ0n) is 42.5. The number of hydrogen-bond acceptors (Lipinski definition) is 3. The first-order valence-electron chi connectivity index (χ1n) is 24.1. The van der Waals surface area contributed by atoms with Gasteiger partial charge in [0.25, 0.3) is 0 Å². The van der Waals surface area contributed by atoms with E-state index >= 15 is 0 Å². The Hall–Kier alpha value is -4.63. The van der Waals surface area contributed by atoms with Gasteiger partial charge in [0.1, 0.15) is 5.58 Å². The molecule has 1 fully saturated rings. The number of hydrogen-bond donors (Lipinski definition) is 0. The Labute approximate surface area is 360 Å². The second-order valence-electron chi connectivity index (χ2n) is 16.5. The van der Waals surface area contributed by atoms with Crippen molar-refractivity contribution in [1.82, 2.24) is 9.97 Å². The number of furan rings is 1. The number of fused-ring (bicyclic) bond motifs is 7. The van der Waals surface area contributed by atoms with Crippen LogP contribution in [-0.2, 0) is 26.5 Å². The normalized spacial score (nSPS) is 18.4. The molecule has 1 radical (unpaired) electrons. The average molecular weight is 923 g/mol. The molecular formula is C52H52IrN2O-2. The third kappa shape index (κ3) is 8.24. The molecule has 3 nitrogen and oxygen atoms in total. The standard InChI is InChI=1S/C35H32NO.C17H20N.Ir/c1-21-18-31(36-20-22(21)2)30-7-5-6-28-29-13-10-24-8-9-26-19-25(23-14-16-35(3,4)17-15-23)11-12-27(26)32(24)34(29)37-33(28)30;1-13-5-8-15(9-6-13)16-10-7-14(12-18-16)11-17(2,3)4;/h5-6,8-13,18-20,23H,14-17H2,1-4H3;5-8,10,12H,11H2,1-4H3;/q2*-1;/i1D,2D3,23D;1D3,11D2;. The Morgan fingerprint density at radius 2 is 1.57 bits per heavy atom. The molecule has 5 aromatic carbocycles. The second kappa shape index (κ2) is 15.7. The summed E-state index contributed by atoms with van der Waals surface area (Å²) in [5.41, 5.74) is 6.02. The largest absolute Gasteiger partial charge is 0.500 e. The first-order valence-corrected chi connectivity index (χ1v) is 18.9. The number of benzene rings is 5. The van der Waals surface area contributed by atoms with Crippen molar-refractivity contribution in [2.45, 2.75) is 93.2 Å². The fourth-order valence-corrected chi connectivity index (χ4v) is 7.55. The Morgan fingerprint density at radius 1 is 0.804 bits per heavy atom. The van der Waals surface area contributed by atoms with Crippen molar-refractivity contribution >= 4 is 43.5 Å². The van der Waals surface area contributed by atoms with E-state index in [-0.39, 0.29) is 38.1 Å². The number of aromatic nitrogens is 2. The minimum absolute atomic E-state index is 0. The van der Waals surface area contributed by atoms with Gasteiger partial charge in [-0.25, -0.2) is 0 Å². The predicted molar refractivity (Wildman–Crippen MR) is 232 cm³/mol. The number of nitrogens with zero attached hydrogens (tertiary/aromatic N) is 2. The van der Waals surface area contributed by atoms with E-state index in [1.165, 1.54) is 18.5 Å². The Bertz CT molecular complexity index is 3050. The fraction of sp³-hybridized carbons (Fsp3) is 0.308. The summed E-state index contributed by atoms with van der Waals surface area (Å²) in [4.78, 5) is 8.78. The molecule has 9 rings (SSSR count). The van der Waals surface area contributed by atoms with Gasteiger partial charge in [0.15, 0.2) is 0 Å². The monoisotopic (exact) mass is 923 g/mol. The Kier molecular flexibility index (Phi) is 8.06. The van der Waals surface area contributed by atoms with Gasteiger partial charge in [-0.1, -0.05) is 119 Å². The van der Waals surface area contributed by atoms with Gasteiger partial charge in [0.2, 0.25) is 0 Å². The van der Waals surface area contributed by atoms with Gasteiger partial charge in [0, 0.05) is 57.0 Å². The SMILES string of the molecule is [2H]C([2H])([2H])c1c[c-]c(-c2ccc(C([2H])([2H])C(C)(C)C)cn2)cc1.[2H]Cc1cc(-c2[c-]ccc3c2oc2c3ccc3ccc4cc(C5([2H])CCC(C)(C)CC5)ccc4c32)ncc1C([2H])([2H])[2H].[Ir]. The van der Waals surface area contributed by atoms with Crippen molar-refractivity contribution in [3.63, 3.8) is 0 Å². The van der Waals surface area contributed by atoms with Crippen molar-refractivity contribution < 1.29 is 38.2 Å². The van der Waals surface area contributed by atoms with Gasteiger partial charge in [-0.05, 0) is 107 Å². The number of pyridine rings is 2. The van der Waals surface area contributed by atoms with Gasteiger partial charge in [-0.15, -0.1) is 53.6 Å². The molecule has 4 heteroatoms. The molecule has 287 valence electrons. The van der Waals surface area contributed by atoms with Crippen LogP contribution in [0.25, 0.3) is 66.0 Å². The molecule has 0 aliphatic heterocycles. The molecule has 3 heterocycles. The molecule has 0 amide bonds. The summed E-state index contributed by atoms with van der Waals surface area (Å²) >= 11 is 0. The summed E-state index contributed by atoms with van der Waals surface area (Å²) in [7, 11) is 0. The summed E-state index contributed by atoms with van der Waals surface area (Å²) < 4.78 is 85.9. The van der Waals surface area contributed by atoms with Crippen LogP contribution in [0.1, 0.15) is 108 Å². The average Bonchev–Trinajstić information content (AvgIpc) is 3.65. The molecule has 8 aromatic rings. The maximum absolute atomic E-state index is 9.29. The first-order chi connectivity index (χ1) is 30.4. The predicted octanol–water partition coefficient (Wildman–Crippen LogP) is 14.5. The molecular weight excluding hydrogens is 861 g/mol. The third-order valence-electron chi connectivity index (χ3n) is 10.6. The maximum atomic E-state index is 9.29. The summed E-state index contributed by atoms with van der Waals surface area (Å²) in [5.74, 6) is -0.561. The van der Waals surface area contributed by atoms with Crippen molar-refractivity contribution in [2.24, 2.45) is 10.8 Å². The molecule has 3 aromatic heterocycles. The van der Waals surface area contributed by atoms with E-state index in [1.54, 1.807) is 30.3 Å². The van der Waals surface area contributed by atoms with Gasteiger partial charge in [-0.3, -0.25) is 0 Å². The van der Waals surface area contributed by atoms with E-state index in [2.05, 4.69) is 78.4 Å². The van der Waals surface area contributed by atoms with E-state index in [0.29, 0.717) is 44.6 Å². The summed E-state index contributed by atoms with van der Waals surface area (Å²) in [6.45, 7) is 5.52. The van der Waals surface area contributed by atoms with Crippen molar-refractivity contribution in [3.05, 3.63) is 143 Å². The smallest absolute Gasteiger partial charge is 0.129 e. The van der Waals surface area contributed by atoms with Crippen LogP contribution < -0.4 is 0 Å². The minimum Gasteiger partial charge on any atom is -0.500 e. The Balaban J connectivity index is 0.000000230. The quantitative estimate of drug-likeness (QED) is 0.130. The molecule has 0 unspecified atom stereocenters. The van der Waals surface area contributed by atoms with Crippen LogP contribution in [0.4, 0.5) is 0 Å². The van der Waals surface area contributed by atoms with Crippen LogP contribution in [0.5, 0.6) is 0 Å². The molecule has 0 N–H and O–H groups in total. The molecule has 1 aliphatic carbocycles. The van der Waals surface area contributed by atoms with E-state index in [9.17, 15) is 1.37 Å². The summed E-state index contributed by atoms with van der Waals surface area (Å²) in [5, 5.41) is 6.19. The molecule has 1 saturated carbocycles. The summed E-state index contributed by atoms with van der Waals surface area (Å²) in [6, 6.07) is 34.7. The molecule has 0 atom stereocenters. The van der Waals surface area contributed by atoms with Gasteiger partial charge in [0.05, 0.1) is 5.58 Å². The van der Waals surface area contributed by atoms with Gasteiger partial charge >= 0.3 is 0 Å². The molecule has 1 aliphatic rings. The van der Waals surface area contributed by atoms with Crippen LogP contribution in [0, 0.1) is 43.6 Å². The number of aryl methyl sites for hydroxylation is 3. The minimum atomic E-state index is -2.33. The van der Waals surface area contributed by atoms with E-state index in [1.807, 2.05) is 32.9 Å². The van der Waals surface area contributed by atoms with E-state index in [0.717, 1.165) is 69.1 Å². The van der Waals surface area contributed by atoms with Crippen molar-refractivity contribution in [1.29, 1.82) is 0 Å². The molecule has 0 spiro atoms. The van der Waals surface area contributed by atoms with E-state index < -0.39 is 31.4 Å². The zero-order chi connectivity index (χ0) is 46.9. The summed E-state index contributed by atoms with van der Waals surface area (Å²) in [6.07, 6.45) is 5.25. The van der Waals surface area contributed by atoms with Crippen molar-refractivity contribution in [2.75, 3.05) is 0 Å². The molecule has 56 heavy (non-hydrogen) atoms. The van der Waals surface area contributed by atoms with Crippen LogP contribution in [-0.4, -0.2) is 9.97 Å². The maximum Gasteiger partial charge on any atom is 0.129 e. The van der Waals surface area contributed by atoms with Crippen LogP contribution >= 0.6 is 0 Å². The molecule has 0 bridgehead atoms. The van der Waals surface area contributed by atoms with E-state index in [4.69, 9.17) is 16.8 Å². The topological polar surface area (TPSA) is 38.9 Å².